The van der Waals surface area contributed by atoms with Crippen LogP contribution in [0.4, 0.5) is 0 Å². The Morgan fingerprint density at radius 1 is 1.50 bits per heavy atom. The van der Waals surface area contributed by atoms with E-state index in [1.165, 1.54) is 0 Å². The van der Waals surface area contributed by atoms with Gasteiger partial charge >= 0.3 is 48.0 Å². The molecule has 0 saturated carbocycles. The second-order valence-electron chi connectivity index (χ2n) is 0.515. The SMILES string of the molecule is NS(=O)(=O)O.[CaH2]. The normalized spacial score (nSPS) is 9.67. The summed E-state index contributed by atoms with van der Waals surface area (Å²) in [5.41, 5.74) is 0. The van der Waals surface area contributed by atoms with Crippen LogP contribution in [0.15, 0.2) is 0 Å². The molecule has 0 unspecified atom stereocenters. The molecule has 4 nitrogen and oxygen atoms in total. The van der Waals surface area contributed by atoms with E-state index in [1.807, 2.05) is 0 Å². The van der Waals surface area contributed by atoms with Gasteiger partial charge in [-0.1, -0.05) is 0 Å². The summed E-state index contributed by atoms with van der Waals surface area (Å²) >= 11 is 0. The molecule has 36 valence electrons. The molecular formula is H5CaNO3S. The number of hydrogen-bond acceptors (Lipinski definition) is 2. The third-order valence-corrected chi connectivity index (χ3v) is 0. The van der Waals surface area contributed by atoms with Crippen LogP contribution in [0.25, 0.3) is 0 Å². The maximum absolute atomic E-state index is 8.97. The van der Waals surface area contributed by atoms with Gasteiger partial charge in [-0.25, -0.2) is 5.14 Å². The summed E-state index contributed by atoms with van der Waals surface area (Å²) in [6.07, 6.45) is 0. The van der Waals surface area contributed by atoms with Crippen molar-refractivity contribution in [1.82, 2.24) is 0 Å². The van der Waals surface area contributed by atoms with Crippen molar-refractivity contribution in [1.29, 1.82) is 0 Å². The van der Waals surface area contributed by atoms with Gasteiger partial charge in [0, 0.05) is 0 Å². The predicted octanol–water partition coefficient (Wildman–Crippen LogP) is -2.17. The molecule has 0 aromatic carbocycles. The van der Waals surface area contributed by atoms with Crippen LogP contribution in [0.1, 0.15) is 0 Å². The average molecular weight is 139 g/mol. The molecule has 0 aromatic rings. The molecular weight excluding hydrogens is 134 g/mol. The predicted molar refractivity (Wildman–Crippen MR) is 24.3 cm³/mol. The van der Waals surface area contributed by atoms with Gasteiger partial charge in [0.2, 0.25) is 0 Å². The van der Waals surface area contributed by atoms with Crippen LogP contribution in [-0.4, -0.2) is 50.7 Å². The molecule has 0 spiro atoms. The zero-order valence-corrected chi connectivity index (χ0v) is 3.07. The molecule has 0 atom stereocenters. The van der Waals surface area contributed by atoms with E-state index in [1.54, 1.807) is 0 Å². The van der Waals surface area contributed by atoms with E-state index in [-0.39, 0.29) is 37.7 Å². The first-order chi connectivity index (χ1) is 2.00. The molecule has 0 aliphatic rings. The van der Waals surface area contributed by atoms with Crippen LogP contribution in [0.3, 0.4) is 0 Å². The topological polar surface area (TPSA) is 80.4 Å². The van der Waals surface area contributed by atoms with Crippen LogP contribution in [-0.2, 0) is 10.3 Å². The Morgan fingerprint density at radius 2 is 1.50 bits per heavy atom. The van der Waals surface area contributed by atoms with E-state index >= 15 is 0 Å². The van der Waals surface area contributed by atoms with Crippen molar-refractivity contribution < 1.29 is 13.0 Å². The van der Waals surface area contributed by atoms with Crippen molar-refractivity contribution in [2.75, 3.05) is 0 Å². The minimum atomic E-state index is -4.17. The summed E-state index contributed by atoms with van der Waals surface area (Å²) in [5, 5.41) is 3.88. The molecule has 0 radical (unpaired) electrons. The van der Waals surface area contributed by atoms with Crippen molar-refractivity contribution in [2.24, 2.45) is 5.14 Å². The molecule has 0 saturated heterocycles. The van der Waals surface area contributed by atoms with Gasteiger partial charge in [0.1, 0.15) is 0 Å². The summed E-state index contributed by atoms with van der Waals surface area (Å²) < 4.78 is 25.2. The minimum absolute atomic E-state index is 0. The van der Waals surface area contributed by atoms with Gasteiger partial charge in [-0.15, -0.1) is 0 Å². The van der Waals surface area contributed by atoms with Crippen molar-refractivity contribution in [2.45, 2.75) is 0 Å². The molecule has 0 aliphatic heterocycles. The summed E-state index contributed by atoms with van der Waals surface area (Å²) in [4.78, 5) is 0. The molecule has 0 aliphatic carbocycles. The Bertz CT molecular complexity index is 94.0. The first-order valence-electron chi connectivity index (χ1n) is 0.752. The Labute approximate surface area is 65.6 Å². The molecule has 0 aromatic heterocycles. The Morgan fingerprint density at radius 3 is 1.50 bits per heavy atom. The molecule has 0 bridgehead atoms. The van der Waals surface area contributed by atoms with Crippen LogP contribution < -0.4 is 5.14 Å². The molecule has 0 heterocycles. The Hall–Kier alpha value is 1.13. The van der Waals surface area contributed by atoms with Crippen LogP contribution >= 0.6 is 0 Å². The monoisotopic (exact) mass is 139 g/mol. The van der Waals surface area contributed by atoms with Crippen molar-refractivity contribution in [3.63, 3.8) is 0 Å². The molecule has 0 rings (SSSR count). The summed E-state index contributed by atoms with van der Waals surface area (Å²) in [7, 11) is -4.17. The molecule has 0 fully saturated rings. The van der Waals surface area contributed by atoms with Gasteiger partial charge < -0.3 is 0 Å². The van der Waals surface area contributed by atoms with E-state index in [0.29, 0.717) is 0 Å². The standard InChI is InChI=1S/Ca.H3NO3S.2H/c;1-5(2,3)4;;/h;(H3,1,2,3,4);;. The summed E-state index contributed by atoms with van der Waals surface area (Å²) in [6.45, 7) is 0. The molecule has 0 amide bonds. The maximum atomic E-state index is 8.97. The third-order valence-electron chi connectivity index (χ3n) is 0. The fraction of sp³-hybridized carbons (Fsp3) is 0. The van der Waals surface area contributed by atoms with Gasteiger partial charge in [0.15, 0.2) is 0 Å². The average Bonchev–Trinajstić information content (AvgIpc) is 0.722. The quantitative estimate of drug-likeness (QED) is 0.296. The molecule has 6 heteroatoms. The fourth-order valence-electron chi connectivity index (χ4n) is 0. The first-order valence-corrected chi connectivity index (χ1v) is 2.25. The van der Waals surface area contributed by atoms with E-state index in [2.05, 4.69) is 5.14 Å². The number of nitrogens with two attached hydrogens (primary N) is 1. The van der Waals surface area contributed by atoms with Crippen LogP contribution in [0, 0.1) is 0 Å². The summed E-state index contributed by atoms with van der Waals surface area (Å²) in [5.74, 6) is 0. The van der Waals surface area contributed by atoms with Gasteiger partial charge in [0.05, 0.1) is 0 Å². The van der Waals surface area contributed by atoms with Crippen molar-refractivity contribution in [3.05, 3.63) is 0 Å². The van der Waals surface area contributed by atoms with Crippen molar-refractivity contribution >= 4 is 48.0 Å². The second kappa shape index (κ2) is 3.17. The second-order valence-corrected chi connectivity index (χ2v) is 1.54. The molecule has 3 N–H and O–H groups in total. The third kappa shape index (κ3) is 68.5. The zero-order chi connectivity index (χ0) is 4.50. The van der Waals surface area contributed by atoms with Crippen LogP contribution in [0.5, 0.6) is 0 Å². The van der Waals surface area contributed by atoms with E-state index in [0.717, 1.165) is 0 Å². The van der Waals surface area contributed by atoms with E-state index in [4.69, 9.17) is 13.0 Å². The van der Waals surface area contributed by atoms with Crippen LogP contribution in [0.2, 0.25) is 0 Å². The van der Waals surface area contributed by atoms with Gasteiger partial charge in [-0.2, -0.15) is 8.42 Å². The van der Waals surface area contributed by atoms with Gasteiger partial charge in [-0.3, -0.25) is 4.55 Å². The van der Waals surface area contributed by atoms with E-state index < -0.39 is 10.3 Å². The van der Waals surface area contributed by atoms with E-state index in [9.17, 15) is 0 Å². The van der Waals surface area contributed by atoms with Gasteiger partial charge in [-0.05, 0) is 0 Å². The zero-order valence-electron chi connectivity index (χ0n) is 2.25. The number of hydrogen-bond donors (Lipinski definition) is 2. The fourth-order valence-corrected chi connectivity index (χ4v) is 0. The summed E-state index contributed by atoms with van der Waals surface area (Å²) in [6, 6.07) is 0. The van der Waals surface area contributed by atoms with Gasteiger partial charge in [0.25, 0.3) is 0 Å². The Kier molecular flexibility index (Phi) is 5.38. The molecule has 6 heavy (non-hydrogen) atoms. The Balaban J connectivity index is 0. The number of rotatable bonds is 0. The van der Waals surface area contributed by atoms with Crippen molar-refractivity contribution in [3.8, 4) is 0 Å². The first kappa shape index (κ1) is 10.2.